The molecular formula is C15H17N3O. The van der Waals surface area contributed by atoms with Gasteiger partial charge in [-0.2, -0.15) is 4.98 Å². The third-order valence-electron chi connectivity index (χ3n) is 2.44. The molecule has 1 N–H and O–H groups in total. The molecule has 0 aliphatic carbocycles. The van der Waals surface area contributed by atoms with Crippen molar-refractivity contribution in [3.8, 4) is 17.3 Å². The van der Waals surface area contributed by atoms with Crippen molar-refractivity contribution in [1.82, 2.24) is 9.97 Å². The second-order valence-corrected chi connectivity index (χ2v) is 3.91. The van der Waals surface area contributed by atoms with E-state index < -0.39 is 0 Å². The maximum Gasteiger partial charge on any atom is 0.219 e. The van der Waals surface area contributed by atoms with Gasteiger partial charge in [0.15, 0.2) is 5.82 Å². The van der Waals surface area contributed by atoms with Gasteiger partial charge in [-0.25, -0.2) is 4.98 Å². The summed E-state index contributed by atoms with van der Waals surface area (Å²) < 4.78 is 5.50. The monoisotopic (exact) mass is 255 g/mol. The zero-order valence-electron chi connectivity index (χ0n) is 11.0. The van der Waals surface area contributed by atoms with Gasteiger partial charge >= 0.3 is 0 Å². The van der Waals surface area contributed by atoms with Crippen molar-refractivity contribution in [3.05, 3.63) is 49.1 Å². The van der Waals surface area contributed by atoms with Crippen LogP contribution in [0.4, 0.5) is 5.82 Å². The lowest BCUT2D eigenvalue weighted by molar-refractivity contribution is 0.348. The maximum absolute atomic E-state index is 5.50. The number of ether oxygens (including phenoxy) is 1. The van der Waals surface area contributed by atoms with Crippen molar-refractivity contribution >= 4 is 5.82 Å². The number of rotatable bonds is 6. The van der Waals surface area contributed by atoms with Crippen LogP contribution in [-0.2, 0) is 0 Å². The van der Waals surface area contributed by atoms with E-state index >= 15 is 0 Å². The van der Waals surface area contributed by atoms with E-state index in [0.29, 0.717) is 18.3 Å². The predicted octanol–water partition coefficient (Wildman–Crippen LogP) is 3.14. The van der Waals surface area contributed by atoms with Gasteiger partial charge in [0.2, 0.25) is 5.88 Å². The zero-order chi connectivity index (χ0) is 13.5. The van der Waals surface area contributed by atoms with Crippen molar-refractivity contribution in [2.24, 2.45) is 0 Å². The fourth-order valence-corrected chi connectivity index (χ4v) is 1.63. The van der Waals surface area contributed by atoms with Gasteiger partial charge in [-0.05, 0) is 6.92 Å². The van der Waals surface area contributed by atoms with Crippen LogP contribution in [0.3, 0.4) is 0 Å². The molecule has 0 fully saturated rings. The Balaban J connectivity index is 2.36. The molecule has 0 radical (unpaired) electrons. The van der Waals surface area contributed by atoms with Crippen LogP contribution in [0.25, 0.3) is 11.4 Å². The van der Waals surface area contributed by atoms with Gasteiger partial charge < -0.3 is 10.1 Å². The first kappa shape index (κ1) is 13.1. The van der Waals surface area contributed by atoms with Gasteiger partial charge in [-0.15, -0.1) is 0 Å². The SMILES string of the molecule is C=CCOc1cc(NCC)nc(-c2ccccc2)n1. The Bertz CT molecular complexity index is 540. The average molecular weight is 255 g/mol. The van der Waals surface area contributed by atoms with Crippen LogP contribution >= 0.6 is 0 Å². The summed E-state index contributed by atoms with van der Waals surface area (Å²) in [5.41, 5.74) is 0.964. The molecule has 0 saturated carbocycles. The van der Waals surface area contributed by atoms with Gasteiger partial charge in [-0.1, -0.05) is 43.0 Å². The van der Waals surface area contributed by atoms with Crippen molar-refractivity contribution < 1.29 is 4.74 Å². The van der Waals surface area contributed by atoms with Crippen LogP contribution < -0.4 is 10.1 Å². The molecule has 4 heteroatoms. The fourth-order valence-electron chi connectivity index (χ4n) is 1.63. The summed E-state index contributed by atoms with van der Waals surface area (Å²) >= 11 is 0. The molecule has 0 bridgehead atoms. The van der Waals surface area contributed by atoms with Crippen molar-refractivity contribution in [2.75, 3.05) is 18.5 Å². The normalized spacial score (nSPS) is 9.95. The third kappa shape index (κ3) is 3.55. The largest absolute Gasteiger partial charge is 0.473 e. The van der Waals surface area contributed by atoms with E-state index in [1.54, 1.807) is 12.1 Å². The summed E-state index contributed by atoms with van der Waals surface area (Å²) in [6.45, 7) is 6.88. The van der Waals surface area contributed by atoms with E-state index in [0.717, 1.165) is 17.9 Å². The fraction of sp³-hybridized carbons (Fsp3) is 0.200. The topological polar surface area (TPSA) is 47.0 Å². The Kier molecular flexibility index (Phi) is 4.50. The zero-order valence-corrected chi connectivity index (χ0v) is 11.0. The number of nitrogens with one attached hydrogen (secondary N) is 1. The van der Waals surface area contributed by atoms with Crippen LogP contribution in [0.2, 0.25) is 0 Å². The first-order chi connectivity index (χ1) is 9.33. The maximum atomic E-state index is 5.50. The smallest absolute Gasteiger partial charge is 0.219 e. The number of nitrogens with zero attached hydrogens (tertiary/aromatic N) is 2. The summed E-state index contributed by atoms with van der Waals surface area (Å²) in [6.07, 6.45) is 1.69. The number of anilines is 1. The minimum atomic E-state index is 0.427. The number of benzene rings is 1. The molecule has 0 atom stereocenters. The Morgan fingerprint density at radius 2 is 2.05 bits per heavy atom. The van der Waals surface area contributed by atoms with E-state index in [4.69, 9.17) is 4.74 Å². The summed E-state index contributed by atoms with van der Waals surface area (Å²) in [4.78, 5) is 8.88. The van der Waals surface area contributed by atoms with Crippen LogP contribution in [0.1, 0.15) is 6.92 Å². The van der Waals surface area contributed by atoms with Gasteiger partial charge in [-0.3, -0.25) is 0 Å². The first-order valence-corrected chi connectivity index (χ1v) is 6.25. The lowest BCUT2D eigenvalue weighted by atomic mass is 10.2. The minimum absolute atomic E-state index is 0.427. The molecule has 2 aromatic rings. The molecule has 2 rings (SSSR count). The van der Waals surface area contributed by atoms with E-state index in [-0.39, 0.29) is 0 Å². The molecule has 0 spiro atoms. The average Bonchev–Trinajstić information content (AvgIpc) is 2.46. The second kappa shape index (κ2) is 6.54. The van der Waals surface area contributed by atoms with Crippen molar-refractivity contribution in [3.63, 3.8) is 0 Å². The highest BCUT2D eigenvalue weighted by molar-refractivity contribution is 5.58. The lowest BCUT2D eigenvalue weighted by Gasteiger charge is -2.09. The summed E-state index contributed by atoms with van der Waals surface area (Å²) in [6, 6.07) is 11.6. The Labute approximate surface area is 113 Å². The van der Waals surface area contributed by atoms with Crippen LogP contribution in [0.5, 0.6) is 5.88 Å². The molecule has 0 saturated heterocycles. The highest BCUT2D eigenvalue weighted by Crippen LogP contribution is 2.21. The molecule has 1 aromatic carbocycles. The highest BCUT2D eigenvalue weighted by atomic mass is 16.5. The molecule has 19 heavy (non-hydrogen) atoms. The second-order valence-electron chi connectivity index (χ2n) is 3.91. The van der Waals surface area contributed by atoms with E-state index in [9.17, 15) is 0 Å². The standard InChI is InChI=1S/C15H17N3O/c1-3-10-19-14-11-13(16-4-2)17-15(18-14)12-8-6-5-7-9-12/h3,5-9,11H,1,4,10H2,2H3,(H,16,17,18). The third-order valence-corrected chi connectivity index (χ3v) is 2.44. The molecule has 1 heterocycles. The van der Waals surface area contributed by atoms with E-state index in [1.165, 1.54) is 0 Å². The summed E-state index contributed by atoms with van der Waals surface area (Å²) in [5.74, 6) is 1.96. The van der Waals surface area contributed by atoms with Gasteiger partial charge in [0, 0.05) is 18.2 Å². The number of aromatic nitrogens is 2. The minimum Gasteiger partial charge on any atom is -0.473 e. The van der Waals surface area contributed by atoms with Crippen molar-refractivity contribution in [2.45, 2.75) is 6.92 Å². The summed E-state index contributed by atoms with van der Waals surface area (Å²) in [7, 11) is 0. The van der Waals surface area contributed by atoms with E-state index in [1.807, 2.05) is 37.3 Å². The van der Waals surface area contributed by atoms with Gasteiger partial charge in [0.1, 0.15) is 12.4 Å². The molecule has 0 aliphatic rings. The van der Waals surface area contributed by atoms with Gasteiger partial charge in [0.25, 0.3) is 0 Å². The molecule has 4 nitrogen and oxygen atoms in total. The highest BCUT2D eigenvalue weighted by Gasteiger charge is 2.06. The lowest BCUT2D eigenvalue weighted by Crippen LogP contribution is -2.04. The number of hydrogen-bond donors (Lipinski definition) is 1. The Hall–Kier alpha value is -2.36. The van der Waals surface area contributed by atoms with Gasteiger partial charge in [0.05, 0.1) is 0 Å². The van der Waals surface area contributed by atoms with Crippen molar-refractivity contribution in [1.29, 1.82) is 0 Å². The quantitative estimate of drug-likeness (QED) is 0.805. The molecular weight excluding hydrogens is 238 g/mol. The van der Waals surface area contributed by atoms with E-state index in [2.05, 4.69) is 21.9 Å². The Morgan fingerprint density at radius 3 is 2.74 bits per heavy atom. The van der Waals surface area contributed by atoms with Crippen LogP contribution in [0, 0.1) is 0 Å². The molecule has 98 valence electrons. The predicted molar refractivity (Wildman–Crippen MR) is 77.3 cm³/mol. The molecule has 0 unspecified atom stereocenters. The number of hydrogen-bond acceptors (Lipinski definition) is 4. The first-order valence-electron chi connectivity index (χ1n) is 6.25. The molecule has 0 aliphatic heterocycles. The summed E-state index contributed by atoms with van der Waals surface area (Å²) in [5, 5.41) is 3.18. The Morgan fingerprint density at radius 1 is 1.26 bits per heavy atom. The van der Waals surface area contributed by atoms with Crippen LogP contribution in [0.15, 0.2) is 49.1 Å². The molecule has 1 aromatic heterocycles. The van der Waals surface area contributed by atoms with Crippen LogP contribution in [-0.4, -0.2) is 23.1 Å². The molecule has 0 amide bonds.